The van der Waals surface area contributed by atoms with Gasteiger partial charge in [0, 0.05) is 17.9 Å². The van der Waals surface area contributed by atoms with E-state index >= 15 is 0 Å². The zero-order valence-electron chi connectivity index (χ0n) is 14.8. The molecule has 1 aromatic carbocycles. The quantitative estimate of drug-likeness (QED) is 0.665. The first-order valence-electron chi connectivity index (χ1n) is 8.39. The van der Waals surface area contributed by atoms with E-state index in [1.807, 2.05) is 17.5 Å². The third-order valence-electron chi connectivity index (χ3n) is 3.69. The molecule has 0 bridgehead atoms. The van der Waals surface area contributed by atoms with Crippen LogP contribution < -0.4 is 10.1 Å². The fraction of sp³-hybridized carbons (Fsp3) is 0.368. The van der Waals surface area contributed by atoms with Crippen LogP contribution in [0.4, 0.5) is 0 Å². The molecule has 1 amide bonds. The number of carboxylic acids is 1. The Hall–Kier alpha value is -2.38. The van der Waals surface area contributed by atoms with E-state index in [-0.39, 0.29) is 12.3 Å². The maximum Gasteiger partial charge on any atom is 0.333 e. The molecular weight excluding hydrogens is 354 g/mol. The van der Waals surface area contributed by atoms with Gasteiger partial charge in [-0.15, -0.1) is 11.3 Å². The Morgan fingerprint density at radius 2 is 1.96 bits per heavy atom. The Morgan fingerprint density at radius 1 is 1.23 bits per heavy atom. The highest BCUT2D eigenvalue weighted by molar-refractivity contribution is 7.09. The summed E-state index contributed by atoms with van der Waals surface area (Å²) < 4.78 is 10.9. The lowest BCUT2D eigenvalue weighted by molar-refractivity contribution is -0.150. The average Bonchev–Trinajstić information content (AvgIpc) is 3.14. The number of nitrogens with one attached hydrogen (secondary N) is 1. The van der Waals surface area contributed by atoms with E-state index in [0.717, 1.165) is 10.4 Å². The van der Waals surface area contributed by atoms with Gasteiger partial charge >= 0.3 is 5.97 Å². The van der Waals surface area contributed by atoms with Crippen molar-refractivity contribution in [2.24, 2.45) is 0 Å². The van der Waals surface area contributed by atoms with Crippen molar-refractivity contribution in [1.82, 2.24) is 5.32 Å². The van der Waals surface area contributed by atoms with Gasteiger partial charge in [0.15, 0.2) is 12.2 Å². The van der Waals surface area contributed by atoms with E-state index in [1.165, 1.54) is 0 Å². The molecular formula is C19H23NO5S. The van der Waals surface area contributed by atoms with Crippen LogP contribution in [0.5, 0.6) is 5.75 Å². The number of aliphatic carboxylic acids is 1. The number of ether oxygens (including phenoxy) is 2. The van der Waals surface area contributed by atoms with Gasteiger partial charge in [0.05, 0.1) is 6.54 Å². The third-order valence-corrected chi connectivity index (χ3v) is 4.56. The van der Waals surface area contributed by atoms with Gasteiger partial charge in [0.2, 0.25) is 0 Å². The van der Waals surface area contributed by atoms with E-state index in [0.29, 0.717) is 18.9 Å². The van der Waals surface area contributed by atoms with Crippen LogP contribution in [0.15, 0.2) is 41.8 Å². The lowest BCUT2D eigenvalue weighted by atomic mass is 10.1. The molecule has 0 aliphatic carbocycles. The first-order valence-corrected chi connectivity index (χ1v) is 9.27. The second-order valence-electron chi connectivity index (χ2n) is 5.69. The Kier molecular flexibility index (Phi) is 7.62. The minimum Gasteiger partial charge on any atom is -0.481 e. The number of hydrogen-bond acceptors (Lipinski definition) is 5. The van der Waals surface area contributed by atoms with Crippen molar-refractivity contribution in [2.45, 2.75) is 39.0 Å². The van der Waals surface area contributed by atoms with Gasteiger partial charge in [0.25, 0.3) is 5.91 Å². The van der Waals surface area contributed by atoms with E-state index < -0.39 is 18.2 Å². The molecule has 2 aromatic rings. The molecule has 7 heteroatoms. The second kappa shape index (κ2) is 9.94. The molecule has 1 heterocycles. The van der Waals surface area contributed by atoms with Gasteiger partial charge in [-0.1, -0.05) is 18.2 Å². The highest BCUT2D eigenvalue weighted by Crippen LogP contribution is 2.16. The molecule has 140 valence electrons. The zero-order chi connectivity index (χ0) is 18.9. The molecule has 0 fully saturated rings. The molecule has 0 saturated carbocycles. The Bertz CT molecular complexity index is 699. The monoisotopic (exact) mass is 377 g/mol. The number of carboxylic acid groups (broad SMARTS) is 1. The molecule has 0 aliphatic heterocycles. The second-order valence-corrected chi connectivity index (χ2v) is 6.72. The predicted molar refractivity (Wildman–Crippen MR) is 99.5 cm³/mol. The summed E-state index contributed by atoms with van der Waals surface area (Å²) in [7, 11) is 0. The number of carbonyl (C=O) groups excluding carboxylic acids is 1. The summed E-state index contributed by atoms with van der Waals surface area (Å²) in [6.45, 7) is 4.28. The van der Waals surface area contributed by atoms with Gasteiger partial charge < -0.3 is 19.9 Å². The van der Waals surface area contributed by atoms with Gasteiger partial charge in [-0.05, 0) is 43.0 Å². The Morgan fingerprint density at radius 3 is 2.54 bits per heavy atom. The zero-order valence-corrected chi connectivity index (χ0v) is 15.6. The summed E-state index contributed by atoms with van der Waals surface area (Å²) in [6, 6.07) is 10.9. The average molecular weight is 377 g/mol. The smallest absolute Gasteiger partial charge is 0.333 e. The van der Waals surface area contributed by atoms with Crippen molar-refractivity contribution in [3.63, 3.8) is 0 Å². The van der Waals surface area contributed by atoms with Crippen LogP contribution in [-0.2, 0) is 27.3 Å². The van der Waals surface area contributed by atoms with Gasteiger partial charge in [-0.2, -0.15) is 0 Å². The topological polar surface area (TPSA) is 84.9 Å². The molecule has 2 atom stereocenters. The minimum absolute atomic E-state index is 0.190. The number of amides is 1. The Balaban J connectivity index is 1.85. The van der Waals surface area contributed by atoms with Crippen molar-refractivity contribution < 1.29 is 24.2 Å². The summed E-state index contributed by atoms with van der Waals surface area (Å²) in [5.41, 5.74) is 0.827. The highest BCUT2D eigenvalue weighted by atomic mass is 32.1. The van der Waals surface area contributed by atoms with Gasteiger partial charge in [0.1, 0.15) is 5.75 Å². The van der Waals surface area contributed by atoms with E-state index in [2.05, 4.69) is 5.32 Å². The lowest BCUT2D eigenvalue weighted by Crippen LogP contribution is -2.35. The standard InChI is InChI=1S/C19H23NO5S/c1-3-24-17(19(22)23)11-14-6-8-15(9-7-14)25-13(2)18(21)20-12-16-5-4-10-26-16/h4-10,13,17H,3,11-12H2,1-2H3,(H,20,21)(H,22,23)/t13?,17-/m1/s1. The lowest BCUT2D eigenvalue weighted by Gasteiger charge is -2.15. The van der Waals surface area contributed by atoms with E-state index in [4.69, 9.17) is 14.6 Å². The fourth-order valence-corrected chi connectivity index (χ4v) is 2.97. The molecule has 2 N–H and O–H groups in total. The molecule has 1 unspecified atom stereocenters. The summed E-state index contributed by atoms with van der Waals surface area (Å²) in [5.74, 6) is -0.621. The molecule has 2 rings (SSSR count). The Labute approximate surface area is 156 Å². The van der Waals surface area contributed by atoms with E-state index in [1.54, 1.807) is 49.4 Å². The van der Waals surface area contributed by atoms with Crippen LogP contribution in [0.25, 0.3) is 0 Å². The maximum absolute atomic E-state index is 12.1. The van der Waals surface area contributed by atoms with Crippen LogP contribution in [-0.4, -0.2) is 35.8 Å². The minimum atomic E-state index is -0.983. The first-order chi connectivity index (χ1) is 12.5. The van der Waals surface area contributed by atoms with Crippen LogP contribution in [0.3, 0.4) is 0 Å². The number of rotatable bonds is 10. The molecule has 0 radical (unpaired) electrons. The predicted octanol–water partition coefficient (Wildman–Crippen LogP) is 2.86. The summed E-state index contributed by atoms with van der Waals surface area (Å²) in [5, 5.41) is 13.9. The fourth-order valence-electron chi connectivity index (χ4n) is 2.33. The normalized spacial score (nSPS) is 13.0. The number of hydrogen-bond donors (Lipinski definition) is 2. The summed E-state index contributed by atoms with van der Waals surface area (Å²) >= 11 is 1.58. The SMILES string of the molecule is CCO[C@H](Cc1ccc(OC(C)C(=O)NCc2cccs2)cc1)C(=O)O. The number of benzene rings is 1. The van der Waals surface area contributed by atoms with Crippen molar-refractivity contribution in [3.8, 4) is 5.75 Å². The molecule has 0 saturated heterocycles. The van der Waals surface area contributed by atoms with Crippen LogP contribution in [0, 0.1) is 0 Å². The van der Waals surface area contributed by atoms with Gasteiger partial charge in [-0.25, -0.2) is 4.79 Å². The molecule has 6 nitrogen and oxygen atoms in total. The maximum atomic E-state index is 12.1. The number of carbonyl (C=O) groups is 2. The van der Waals surface area contributed by atoms with Crippen molar-refractivity contribution in [3.05, 3.63) is 52.2 Å². The highest BCUT2D eigenvalue weighted by Gasteiger charge is 2.18. The van der Waals surface area contributed by atoms with Crippen molar-refractivity contribution in [1.29, 1.82) is 0 Å². The molecule has 26 heavy (non-hydrogen) atoms. The van der Waals surface area contributed by atoms with Crippen LogP contribution in [0.2, 0.25) is 0 Å². The first kappa shape index (κ1) is 19.9. The molecule has 0 aliphatic rings. The number of thiophene rings is 1. The van der Waals surface area contributed by atoms with Crippen molar-refractivity contribution >= 4 is 23.2 Å². The molecule has 0 spiro atoms. The molecule has 1 aromatic heterocycles. The van der Waals surface area contributed by atoms with Crippen LogP contribution in [0.1, 0.15) is 24.3 Å². The summed E-state index contributed by atoms with van der Waals surface area (Å²) in [4.78, 5) is 24.3. The van der Waals surface area contributed by atoms with E-state index in [9.17, 15) is 9.59 Å². The van der Waals surface area contributed by atoms with Crippen molar-refractivity contribution in [2.75, 3.05) is 6.61 Å². The summed E-state index contributed by atoms with van der Waals surface area (Å²) in [6.07, 6.45) is -1.22. The van der Waals surface area contributed by atoms with Crippen LogP contribution >= 0.6 is 11.3 Å². The third kappa shape index (κ3) is 6.16. The van der Waals surface area contributed by atoms with Gasteiger partial charge in [-0.3, -0.25) is 4.79 Å². The largest absolute Gasteiger partial charge is 0.481 e.